The van der Waals surface area contributed by atoms with E-state index in [0.717, 1.165) is 34.0 Å². The molecule has 0 radical (unpaired) electrons. The van der Waals surface area contributed by atoms with Crippen molar-refractivity contribution in [3.05, 3.63) is 12.8 Å². The van der Waals surface area contributed by atoms with E-state index in [1.165, 1.54) is 38.5 Å². The SMILES string of the molecule is CC[C@@H]1CC[C@@H](CC)P1C1C[C-](C)CC1P1[C@H](CC)CC[C@H]1CC.[CH2-]C.[Fe+2]. The van der Waals surface area contributed by atoms with E-state index in [-0.39, 0.29) is 17.1 Å². The molecule has 0 N–H and O–H groups in total. The predicted octanol–water partition coefficient (Wildman–Crippen LogP) is 8.62. The molecule has 1 aliphatic carbocycles. The summed E-state index contributed by atoms with van der Waals surface area (Å²) >= 11 is 0. The summed E-state index contributed by atoms with van der Waals surface area (Å²) in [7, 11) is 0.584. The molecule has 3 aliphatic rings. The zero-order valence-corrected chi connectivity index (χ0v) is 21.9. The maximum Gasteiger partial charge on any atom is 2.00 e. The van der Waals surface area contributed by atoms with Gasteiger partial charge in [-0.15, -0.1) is 0 Å². The summed E-state index contributed by atoms with van der Waals surface area (Å²) < 4.78 is 0. The van der Waals surface area contributed by atoms with Crippen LogP contribution in [0.3, 0.4) is 0 Å². The normalized spacial score (nSPS) is 37.9. The summed E-state index contributed by atoms with van der Waals surface area (Å²) in [5, 5.41) is 0. The molecule has 160 valence electrons. The van der Waals surface area contributed by atoms with E-state index in [1.807, 2.05) is 5.92 Å². The van der Waals surface area contributed by atoms with Crippen LogP contribution < -0.4 is 0 Å². The van der Waals surface area contributed by atoms with Gasteiger partial charge in [-0.2, -0.15) is 26.7 Å². The van der Waals surface area contributed by atoms with E-state index in [0.29, 0.717) is 15.8 Å². The van der Waals surface area contributed by atoms with Crippen LogP contribution in [0.4, 0.5) is 0 Å². The fourth-order valence-electron chi connectivity index (χ4n) is 6.38. The Balaban J connectivity index is 0.00000118. The first kappa shape index (κ1) is 26.4. The molecule has 27 heavy (non-hydrogen) atoms. The number of rotatable bonds is 6. The van der Waals surface area contributed by atoms with Crippen molar-refractivity contribution in [3.8, 4) is 0 Å². The third-order valence-corrected chi connectivity index (χ3v) is 16.3. The van der Waals surface area contributed by atoms with E-state index in [9.17, 15) is 0 Å². The Morgan fingerprint density at radius 2 is 0.926 bits per heavy atom. The maximum atomic E-state index is 3.25. The summed E-state index contributed by atoms with van der Waals surface area (Å²) in [6.45, 7) is 17.5. The quantitative estimate of drug-likeness (QED) is 0.215. The van der Waals surface area contributed by atoms with Gasteiger partial charge >= 0.3 is 17.1 Å². The number of hydrogen-bond acceptors (Lipinski definition) is 0. The summed E-state index contributed by atoms with van der Waals surface area (Å²) in [6.07, 6.45) is 15.2. The van der Waals surface area contributed by atoms with Gasteiger partial charge in [-0.25, -0.2) is 0 Å². The third-order valence-electron chi connectivity index (χ3n) is 7.56. The van der Waals surface area contributed by atoms with Gasteiger partial charge in [0.15, 0.2) is 0 Å². The van der Waals surface area contributed by atoms with Crippen LogP contribution in [-0.2, 0) is 17.1 Å². The first-order valence-electron chi connectivity index (χ1n) is 11.7. The van der Waals surface area contributed by atoms with Gasteiger partial charge in [0.05, 0.1) is 0 Å². The molecule has 3 rings (SSSR count). The minimum atomic E-state index is 0. The van der Waals surface area contributed by atoms with Gasteiger partial charge in [0.25, 0.3) is 0 Å². The van der Waals surface area contributed by atoms with Crippen molar-refractivity contribution in [3.63, 3.8) is 0 Å². The first-order valence-corrected chi connectivity index (χ1v) is 14.8. The van der Waals surface area contributed by atoms with Gasteiger partial charge in [0.1, 0.15) is 0 Å². The van der Waals surface area contributed by atoms with Crippen molar-refractivity contribution in [1.29, 1.82) is 0 Å². The molecule has 2 heterocycles. The average Bonchev–Trinajstić information content (AvgIpc) is 3.37. The topological polar surface area (TPSA) is 0 Å². The van der Waals surface area contributed by atoms with E-state index < -0.39 is 0 Å². The Morgan fingerprint density at radius 3 is 1.15 bits per heavy atom. The Labute approximate surface area is 185 Å². The standard InChI is InChI=1S/C22H41P2.C2H5.Fe/c1-6-17-10-11-18(7-2)23(17)21-14-16(5)15-22(21)24-19(8-3)12-13-20(24)9-4;1-2;/h17-22H,6-15H2,1-5H3;1H2,2H3;/q2*-1;+2/t17-,18-,19-,20-,21?,22?;;/m1../s1. The summed E-state index contributed by atoms with van der Waals surface area (Å²) in [6, 6.07) is 0. The summed E-state index contributed by atoms with van der Waals surface area (Å²) in [5.74, 6) is 1.88. The third kappa shape index (κ3) is 5.75. The zero-order valence-electron chi connectivity index (χ0n) is 19.0. The molecule has 6 atom stereocenters. The van der Waals surface area contributed by atoms with E-state index >= 15 is 0 Å². The molecule has 0 amide bonds. The molecule has 3 fully saturated rings. The minimum Gasteiger partial charge on any atom is -0.346 e. The molecule has 2 unspecified atom stereocenters. The number of hydrogen-bond donors (Lipinski definition) is 0. The van der Waals surface area contributed by atoms with Crippen LogP contribution in [0.15, 0.2) is 0 Å². The van der Waals surface area contributed by atoms with Crippen molar-refractivity contribution in [2.75, 3.05) is 0 Å². The van der Waals surface area contributed by atoms with E-state index in [2.05, 4.69) is 41.5 Å². The van der Waals surface area contributed by atoms with Gasteiger partial charge in [0.2, 0.25) is 0 Å². The Hall–Kier alpha value is 1.38. The van der Waals surface area contributed by atoms with Crippen molar-refractivity contribution < 1.29 is 17.1 Å². The Morgan fingerprint density at radius 1 is 0.667 bits per heavy atom. The van der Waals surface area contributed by atoms with Gasteiger partial charge in [0, 0.05) is 0 Å². The van der Waals surface area contributed by atoms with Crippen LogP contribution in [0.1, 0.15) is 106 Å². The second-order valence-electron chi connectivity index (χ2n) is 8.80. The molecular weight excluding hydrogens is 406 g/mol. The second-order valence-corrected chi connectivity index (χ2v) is 14.8. The fourth-order valence-corrected chi connectivity index (χ4v) is 16.2. The smallest absolute Gasteiger partial charge is 0.346 e. The molecule has 3 heteroatoms. The molecule has 0 aromatic carbocycles. The minimum absolute atomic E-state index is 0. The van der Waals surface area contributed by atoms with Crippen LogP contribution in [-0.4, -0.2) is 34.0 Å². The predicted molar refractivity (Wildman–Crippen MR) is 125 cm³/mol. The molecule has 2 saturated heterocycles. The van der Waals surface area contributed by atoms with Crippen molar-refractivity contribution in [2.24, 2.45) is 0 Å². The van der Waals surface area contributed by atoms with Gasteiger partial charge in [-0.1, -0.05) is 43.5 Å². The summed E-state index contributed by atoms with van der Waals surface area (Å²) in [5.41, 5.74) is 6.71. The molecule has 2 aliphatic heterocycles. The van der Waals surface area contributed by atoms with Crippen LogP contribution in [0.25, 0.3) is 0 Å². The molecular formula is C24H46FeP2. The van der Waals surface area contributed by atoms with Crippen molar-refractivity contribution in [1.82, 2.24) is 0 Å². The molecule has 0 nitrogen and oxygen atoms in total. The fraction of sp³-hybridized carbons (Fsp3) is 0.917. The molecule has 0 aromatic rings. The van der Waals surface area contributed by atoms with Gasteiger partial charge in [-0.3, -0.25) is 0 Å². The van der Waals surface area contributed by atoms with E-state index in [4.69, 9.17) is 0 Å². The zero-order chi connectivity index (χ0) is 19.3. The van der Waals surface area contributed by atoms with Crippen molar-refractivity contribution >= 4 is 15.8 Å². The second kappa shape index (κ2) is 12.9. The monoisotopic (exact) mass is 452 g/mol. The molecule has 0 spiro atoms. The van der Waals surface area contributed by atoms with Crippen LogP contribution in [0.2, 0.25) is 0 Å². The molecule has 1 saturated carbocycles. The molecule has 0 bridgehead atoms. The Bertz CT molecular complexity index is 342. The average molecular weight is 452 g/mol. The van der Waals surface area contributed by atoms with Crippen molar-refractivity contribution in [2.45, 2.75) is 140 Å². The van der Waals surface area contributed by atoms with E-state index in [1.54, 1.807) is 32.6 Å². The van der Waals surface area contributed by atoms with Crippen LogP contribution in [0, 0.1) is 12.8 Å². The first-order chi connectivity index (χ1) is 12.6. The maximum absolute atomic E-state index is 3.25. The van der Waals surface area contributed by atoms with Gasteiger partial charge in [-0.05, 0) is 85.3 Å². The molecule has 0 aromatic heterocycles. The summed E-state index contributed by atoms with van der Waals surface area (Å²) in [4.78, 5) is 0. The Kier molecular flexibility index (Phi) is 12.7. The van der Waals surface area contributed by atoms with Crippen LogP contribution in [0.5, 0.6) is 0 Å². The van der Waals surface area contributed by atoms with Crippen LogP contribution >= 0.6 is 15.8 Å². The largest absolute Gasteiger partial charge is 2.00 e. The van der Waals surface area contributed by atoms with Gasteiger partial charge < -0.3 is 12.8 Å².